The van der Waals surface area contributed by atoms with Crippen LogP contribution in [0.1, 0.15) is 19.8 Å². The van der Waals surface area contributed by atoms with Gasteiger partial charge in [0.05, 0.1) is 17.4 Å². The zero-order chi connectivity index (χ0) is 10.9. The van der Waals surface area contributed by atoms with E-state index < -0.39 is 29.4 Å². The number of hydrogen-bond acceptors (Lipinski definition) is 6. The van der Waals surface area contributed by atoms with Crippen LogP contribution in [0.15, 0.2) is 0 Å². The van der Waals surface area contributed by atoms with Crippen molar-refractivity contribution in [2.24, 2.45) is 5.41 Å². The summed E-state index contributed by atoms with van der Waals surface area (Å²) in [6.45, 7) is 1.08. The molecule has 1 aliphatic rings. The topological polar surface area (TPSA) is 107 Å². The van der Waals surface area contributed by atoms with Crippen molar-refractivity contribution in [1.29, 1.82) is 0 Å². The Morgan fingerprint density at radius 1 is 1.19 bits per heavy atom. The van der Waals surface area contributed by atoms with Crippen molar-refractivity contribution >= 4 is 17.9 Å². The molecule has 1 fully saturated rings. The fraction of sp³-hybridized carbons (Fsp3) is 0.625. The normalized spacial score (nSPS) is 20.4. The standard InChI is InChI=1S/C8H10O6.2K/c1-4(9)14-5-2-3-8(5,6(10)11)7(12)13;;/h5H,2-3H2,1H3,(H,10,11)(H,12,13);;/q;2*+1/p-2. The van der Waals surface area contributed by atoms with Crippen LogP contribution in [-0.2, 0) is 19.1 Å². The van der Waals surface area contributed by atoms with Crippen molar-refractivity contribution in [3.8, 4) is 0 Å². The van der Waals surface area contributed by atoms with Gasteiger partial charge in [0.25, 0.3) is 0 Å². The van der Waals surface area contributed by atoms with Crippen molar-refractivity contribution in [2.45, 2.75) is 25.9 Å². The monoisotopic (exact) mass is 278 g/mol. The van der Waals surface area contributed by atoms with Crippen LogP contribution < -0.4 is 113 Å². The fourth-order valence-electron chi connectivity index (χ4n) is 1.46. The van der Waals surface area contributed by atoms with Crippen molar-refractivity contribution in [2.75, 3.05) is 0 Å². The van der Waals surface area contributed by atoms with Crippen LogP contribution in [0, 0.1) is 5.41 Å². The maximum absolute atomic E-state index is 10.6. The van der Waals surface area contributed by atoms with Crippen molar-refractivity contribution in [3.05, 3.63) is 0 Å². The summed E-state index contributed by atoms with van der Waals surface area (Å²) in [6.07, 6.45) is -1.10. The van der Waals surface area contributed by atoms with E-state index in [4.69, 9.17) is 0 Å². The molecule has 0 bridgehead atoms. The number of rotatable bonds is 3. The van der Waals surface area contributed by atoms with Gasteiger partial charge in [0, 0.05) is 6.92 Å². The second-order valence-corrected chi connectivity index (χ2v) is 3.18. The molecule has 0 spiro atoms. The van der Waals surface area contributed by atoms with Gasteiger partial charge in [-0.1, -0.05) is 0 Å². The molecule has 1 atom stereocenters. The van der Waals surface area contributed by atoms with Crippen LogP contribution in [0.5, 0.6) is 0 Å². The Labute approximate surface area is 177 Å². The molecule has 0 aliphatic heterocycles. The zero-order valence-electron chi connectivity index (χ0n) is 9.44. The average molecular weight is 278 g/mol. The van der Waals surface area contributed by atoms with E-state index in [1.54, 1.807) is 0 Å². The molecule has 1 aliphatic carbocycles. The Bertz CT molecular complexity index is 289. The smallest absolute Gasteiger partial charge is 0.549 e. The predicted molar refractivity (Wildman–Crippen MR) is 37.2 cm³/mol. The van der Waals surface area contributed by atoms with E-state index in [0.29, 0.717) is 0 Å². The van der Waals surface area contributed by atoms with Gasteiger partial charge in [-0.3, -0.25) is 4.79 Å². The first-order valence-corrected chi connectivity index (χ1v) is 4.01. The molecule has 0 heterocycles. The summed E-state index contributed by atoms with van der Waals surface area (Å²) in [5.41, 5.74) is -2.16. The van der Waals surface area contributed by atoms with E-state index in [-0.39, 0.29) is 116 Å². The second-order valence-electron chi connectivity index (χ2n) is 3.18. The Hall–Kier alpha value is 1.68. The molecule has 0 aromatic carbocycles. The Kier molecular flexibility index (Phi) is 9.97. The molecule has 0 aromatic heterocycles. The number of carboxylic acids is 2. The minimum absolute atomic E-state index is 0. The summed E-state index contributed by atoms with van der Waals surface area (Å²) in [7, 11) is 0. The molecule has 0 N–H and O–H groups in total. The Morgan fingerprint density at radius 2 is 1.62 bits per heavy atom. The zero-order valence-corrected chi connectivity index (χ0v) is 15.7. The summed E-state index contributed by atoms with van der Waals surface area (Å²) < 4.78 is 4.54. The van der Waals surface area contributed by atoms with E-state index in [9.17, 15) is 24.6 Å². The summed E-state index contributed by atoms with van der Waals surface area (Å²) in [5.74, 6) is -4.26. The minimum atomic E-state index is -2.16. The van der Waals surface area contributed by atoms with Crippen LogP contribution in [-0.4, -0.2) is 24.0 Å². The number of hydrogen-bond donors (Lipinski definition) is 0. The molecule has 0 saturated heterocycles. The summed E-state index contributed by atoms with van der Waals surface area (Å²) in [5, 5.41) is 21.2. The maximum Gasteiger partial charge on any atom is 1.00 e. The summed E-state index contributed by atoms with van der Waals surface area (Å²) >= 11 is 0. The van der Waals surface area contributed by atoms with E-state index in [2.05, 4.69) is 4.74 Å². The molecule has 0 radical (unpaired) electrons. The number of aliphatic carboxylic acids is 2. The van der Waals surface area contributed by atoms with Crippen LogP contribution in [0.3, 0.4) is 0 Å². The third-order valence-corrected chi connectivity index (χ3v) is 2.39. The molecule has 78 valence electrons. The molecule has 1 saturated carbocycles. The number of ether oxygens (including phenoxy) is 1. The number of carboxylic acid groups (broad SMARTS) is 2. The largest absolute Gasteiger partial charge is 1.00 e. The van der Waals surface area contributed by atoms with Gasteiger partial charge < -0.3 is 24.5 Å². The van der Waals surface area contributed by atoms with E-state index >= 15 is 0 Å². The third kappa shape index (κ3) is 3.84. The van der Waals surface area contributed by atoms with E-state index in [0.717, 1.165) is 6.92 Å². The predicted octanol–water partition coefficient (Wildman–Crippen LogP) is -8.79. The van der Waals surface area contributed by atoms with Gasteiger partial charge >= 0.3 is 109 Å². The average Bonchev–Trinajstić information content (AvgIpc) is 1.97. The maximum atomic E-state index is 10.6. The first-order chi connectivity index (χ1) is 6.41. The van der Waals surface area contributed by atoms with Gasteiger partial charge in [-0.15, -0.1) is 0 Å². The molecule has 16 heavy (non-hydrogen) atoms. The van der Waals surface area contributed by atoms with E-state index in [1.165, 1.54) is 0 Å². The quantitative estimate of drug-likeness (QED) is 0.288. The SMILES string of the molecule is CC(=O)OC1CCC1(C(=O)[O-])C(=O)[O-].[K+].[K+]. The summed E-state index contributed by atoms with van der Waals surface area (Å²) in [4.78, 5) is 31.8. The molecule has 1 rings (SSSR count). The minimum Gasteiger partial charge on any atom is -0.549 e. The van der Waals surface area contributed by atoms with Gasteiger partial charge in [0.2, 0.25) is 0 Å². The van der Waals surface area contributed by atoms with Gasteiger partial charge in [-0.2, -0.15) is 0 Å². The Balaban J connectivity index is 0. The number of carbonyl (C=O) groups is 3. The van der Waals surface area contributed by atoms with Gasteiger partial charge in [0.15, 0.2) is 0 Å². The summed E-state index contributed by atoms with van der Waals surface area (Å²) in [6, 6.07) is 0. The second kappa shape index (κ2) is 7.97. The molecular weight excluding hydrogens is 270 g/mol. The Morgan fingerprint density at radius 3 is 1.81 bits per heavy atom. The van der Waals surface area contributed by atoms with Crippen LogP contribution in [0.4, 0.5) is 0 Å². The molecule has 6 nitrogen and oxygen atoms in total. The van der Waals surface area contributed by atoms with Crippen molar-refractivity contribution < 1.29 is 132 Å². The first kappa shape index (κ1) is 20.0. The van der Waals surface area contributed by atoms with Gasteiger partial charge in [-0.25, -0.2) is 0 Å². The first-order valence-electron chi connectivity index (χ1n) is 4.01. The van der Waals surface area contributed by atoms with Gasteiger partial charge in [-0.05, 0) is 12.8 Å². The molecule has 0 amide bonds. The van der Waals surface area contributed by atoms with Crippen LogP contribution in [0.25, 0.3) is 0 Å². The third-order valence-electron chi connectivity index (χ3n) is 2.39. The molecule has 1 unspecified atom stereocenters. The van der Waals surface area contributed by atoms with Crippen molar-refractivity contribution in [1.82, 2.24) is 0 Å². The number of esters is 1. The number of carbonyl (C=O) groups excluding carboxylic acids is 3. The van der Waals surface area contributed by atoms with Crippen LogP contribution in [0.2, 0.25) is 0 Å². The van der Waals surface area contributed by atoms with Crippen molar-refractivity contribution in [3.63, 3.8) is 0 Å². The fourth-order valence-corrected chi connectivity index (χ4v) is 1.46. The van der Waals surface area contributed by atoms with E-state index in [1.807, 2.05) is 0 Å². The van der Waals surface area contributed by atoms with Crippen LogP contribution >= 0.6 is 0 Å². The van der Waals surface area contributed by atoms with Gasteiger partial charge in [0.1, 0.15) is 6.10 Å². The molecular formula is C8H8K2O6. The molecule has 8 heteroatoms. The molecule has 0 aromatic rings.